The molecule has 1 aliphatic rings. The first-order valence-corrected chi connectivity index (χ1v) is 14.8. The Morgan fingerprint density at radius 2 is 1.36 bits per heavy atom. The second-order valence-corrected chi connectivity index (χ2v) is 12.5. The van der Waals surface area contributed by atoms with Crippen molar-refractivity contribution in [1.82, 2.24) is 0 Å². The molecule has 212 valence electrons. The van der Waals surface area contributed by atoms with Gasteiger partial charge in [0.15, 0.2) is 0 Å². The van der Waals surface area contributed by atoms with Crippen LogP contribution in [0.15, 0.2) is 78.9 Å². The van der Waals surface area contributed by atoms with E-state index in [1.807, 2.05) is 67.6 Å². The van der Waals surface area contributed by atoms with Crippen molar-refractivity contribution in [2.24, 2.45) is 0 Å². The molecule has 0 saturated heterocycles. The third kappa shape index (κ3) is 5.00. The van der Waals surface area contributed by atoms with Gasteiger partial charge in [-0.3, -0.25) is 0 Å². The van der Waals surface area contributed by atoms with Crippen molar-refractivity contribution in [2.45, 2.75) is 63.4 Å². The van der Waals surface area contributed by atoms with Crippen LogP contribution < -0.4 is 9.47 Å². The summed E-state index contributed by atoms with van der Waals surface area (Å²) in [6.45, 7) is 10.4. The summed E-state index contributed by atoms with van der Waals surface area (Å²) in [7, 11) is 0. The zero-order valence-corrected chi connectivity index (χ0v) is 25.9. The fourth-order valence-electron chi connectivity index (χ4n) is 5.79. The molecule has 0 fully saturated rings. The fourth-order valence-corrected chi connectivity index (χ4v) is 6.32. The second-order valence-electron chi connectivity index (χ2n) is 11.3. The lowest BCUT2D eigenvalue weighted by Crippen LogP contribution is -2.33. The van der Waals surface area contributed by atoms with Crippen molar-refractivity contribution in [3.63, 3.8) is 0 Å². The molecule has 0 heterocycles. The van der Waals surface area contributed by atoms with Gasteiger partial charge >= 0.3 is 0 Å². The van der Waals surface area contributed by atoms with E-state index < -0.39 is 10.5 Å². The third-order valence-corrected chi connectivity index (χ3v) is 9.35. The van der Waals surface area contributed by atoms with Gasteiger partial charge in [0.05, 0.1) is 15.5 Å². The lowest BCUT2D eigenvalue weighted by Gasteiger charge is -2.34. The van der Waals surface area contributed by atoms with Gasteiger partial charge in [-0.2, -0.15) is 10.5 Å². The molecule has 0 saturated carbocycles. The highest BCUT2D eigenvalue weighted by atomic mass is 35.5. The maximum Gasteiger partial charge on any atom is 0.145 e. The lowest BCUT2D eigenvalue weighted by molar-refractivity contribution is 0.0570. The molecule has 5 rings (SSSR count). The van der Waals surface area contributed by atoms with Gasteiger partial charge in [-0.15, -0.1) is 11.6 Å². The Morgan fingerprint density at radius 1 is 0.786 bits per heavy atom. The Labute approximate surface area is 258 Å². The van der Waals surface area contributed by atoms with Crippen LogP contribution in [-0.2, 0) is 15.9 Å². The first-order chi connectivity index (χ1) is 20.0. The summed E-state index contributed by atoms with van der Waals surface area (Å²) < 4.78 is 12.7. The average molecular weight is 596 g/mol. The Hall–Kier alpha value is -3.96. The van der Waals surface area contributed by atoms with Crippen LogP contribution in [0.3, 0.4) is 0 Å². The molecule has 6 heteroatoms. The maximum absolute atomic E-state index is 9.78. The Morgan fingerprint density at radius 3 is 1.90 bits per heavy atom. The van der Waals surface area contributed by atoms with Gasteiger partial charge in [0.1, 0.15) is 40.6 Å². The number of nitriles is 2. The number of fused-ring (bicyclic) bond motifs is 1. The first kappa shape index (κ1) is 29.5. The zero-order chi connectivity index (χ0) is 30.3. The predicted molar refractivity (Wildman–Crippen MR) is 168 cm³/mol. The van der Waals surface area contributed by atoms with E-state index in [9.17, 15) is 10.5 Å². The van der Waals surface area contributed by atoms with Crippen LogP contribution in [0, 0.1) is 22.7 Å². The number of benzene rings is 4. The number of hydrogen-bond donors (Lipinski definition) is 0. The molecule has 0 N–H and O–H groups in total. The molecule has 0 aliphatic heterocycles. The molecule has 1 unspecified atom stereocenters. The predicted octanol–water partition coefficient (Wildman–Crippen LogP) is 10.1. The topological polar surface area (TPSA) is 66.0 Å². The van der Waals surface area contributed by atoms with E-state index in [2.05, 4.69) is 52.0 Å². The number of rotatable bonds is 9. The van der Waals surface area contributed by atoms with E-state index in [-0.39, 0.29) is 5.41 Å². The molecule has 0 spiro atoms. The fraction of sp³-hybridized carbons (Fsp3) is 0.278. The molecule has 42 heavy (non-hydrogen) atoms. The minimum Gasteiger partial charge on any atom is -0.483 e. The third-order valence-electron chi connectivity index (χ3n) is 8.64. The van der Waals surface area contributed by atoms with Gasteiger partial charge < -0.3 is 9.47 Å². The summed E-state index contributed by atoms with van der Waals surface area (Å²) in [6.07, 6.45) is 1.37. The molecule has 4 aromatic carbocycles. The summed E-state index contributed by atoms with van der Waals surface area (Å²) in [5, 5.41) is 19.9. The number of hydrogen-bond acceptors (Lipinski definition) is 4. The highest BCUT2D eigenvalue weighted by molar-refractivity contribution is 6.31. The van der Waals surface area contributed by atoms with E-state index in [4.69, 9.17) is 32.7 Å². The Balaban J connectivity index is 1.35. The quantitative estimate of drug-likeness (QED) is 0.181. The maximum atomic E-state index is 9.78. The molecule has 4 aromatic rings. The SMILES string of the molecule is CCC(CC)(Oc1ccc(C(C)(C)c2ccc(Oc3ccc4c(c3C#N)C4(C)Cl)cc2)cc1)c1cccc(Cl)c1C#N. The molecule has 1 atom stereocenters. The van der Waals surface area contributed by atoms with Gasteiger partial charge in [-0.05, 0) is 72.9 Å². The highest BCUT2D eigenvalue weighted by Crippen LogP contribution is 2.56. The van der Waals surface area contributed by atoms with Crippen LogP contribution in [-0.4, -0.2) is 0 Å². The monoisotopic (exact) mass is 594 g/mol. The largest absolute Gasteiger partial charge is 0.483 e. The molecular formula is C36H32Cl2N2O2. The van der Waals surface area contributed by atoms with Gasteiger partial charge in [-0.1, -0.05) is 81.8 Å². The van der Waals surface area contributed by atoms with Crippen LogP contribution in [0.2, 0.25) is 5.02 Å². The van der Waals surface area contributed by atoms with Crippen molar-refractivity contribution in [3.05, 3.63) is 123 Å². The van der Waals surface area contributed by atoms with Crippen LogP contribution in [0.1, 0.15) is 86.4 Å². The summed E-state index contributed by atoms with van der Waals surface area (Å²) in [5.74, 6) is 1.90. The van der Waals surface area contributed by atoms with Gasteiger partial charge in [0, 0.05) is 16.5 Å². The number of nitrogens with zero attached hydrogens (tertiary/aromatic N) is 2. The van der Waals surface area contributed by atoms with Crippen molar-refractivity contribution >= 4 is 23.2 Å². The summed E-state index contributed by atoms with van der Waals surface area (Å²) in [4.78, 5) is -0.579. The average Bonchev–Trinajstić information content (AvgIpc) is 3.56. The summed E-state index contributed by atoms with van der Waals surface area (Å²) in [5.41, 5.74) is 4.87. The Bertz CT molecular complexity index is 1720. The van der Waals surface area contributed by atoms with Crippen LogP contribution >= 0.6 is 23.2 Å². The molecule has 0 aromatic heterocycles. The number of ether oxygens (including phenoxy) is 2. The molecular weight excluding hydrogens is 563 g/mol. The van der Waals surface area contributed by atoms with Gasteiger partial charge in [0.2, 0.25) is 0 Å². The van der Waals surface area contributed by atoms with E-state index in [0.717, 1.165) is 33.6 Å². The van der Waals surface area contributed by atoms with Gasteiger partial charge in [0.25, 0.3) is 0 Å². The Kier molecular flexibility index (Phi) is 7.76. The second kappa shape index (κ2) is 11.0. The van der Waals surface area contributed by atoms with Crippen molar-refractivity contribution in [1.29, 1.82) is 10.5 Å². The zero-order valence-electron chi connectivity index (χ0n) is 24.4. The smallest absolute Gasteiger partial charge is 0.145 e. The van der Waals surface area contributed by atoms with Crippen LogP contribution in [0.5, 0.6) is 17.2 Å². The lowest BCUT2D eigenvalue weighted by atomic mass is 9.78. The van der Waals surface area contributed by atoms with E-state index in [0.29, 0.717) is 40.5 Å². The van der Waals surface area contributed by atoms with E-state index in [1.165, 1.54) is 0 Å². The summed E-state index contributed by atoms with van der Waals surface area (Å²) >= 11 is 12.9. The van der Waals surface area contributed by atoms with E-state index >= 15 is 0 Å². The molecule has 0 radical (unpaired) electrons. The normalized spacial score (nSPS) is 15.7. The number of alkyl halides is 1. The van der Waals surface area contributed by atoms with Crippen molar-refractivity contribution in [2.75, 3.05) is 0 Å². The van der Waals surface area contributed by atoms with Gasteiger partial charge in [-0.25, -0.2) is 0 Å². The first-order valence-electron chi connectivity index (χ1n) is 14.1. The highest BCUT2D eigenvalue weighted by Gasteiger charge is 2.48. The van der Waals surface area contributed by atoms with Crippen molar-refractivity contribution < 1.29 is 9.47 Å². The molecule has 0 bridgehead atoms. The van der Waals surface area contributed by atoms with Crippen LogP contribution in [0.25, 0.3) is 0 Å². The summed E-state index contributed by atoms with van der Waals surface area (Å²) in [6, 6.07) is 29.9. The molecule has 0 amide bonds. The minimum atomic E-state index is -0.669. The molecule has 1 aliphatic carbocycles. The minimum absolute atomic E-state index is 0.291. The molecule has 4 nitrogen and oxygen atoms in total. The van der Waals surface area contributed by atoms with Crippen LogP contribution in [0.4, 0.5) is 0 Å². The van der Waals surface area contributed by atoms with E-state index in [1.54, 1.807) is 6.07 Å². The standard InChI is InChI=1S/C36H32Cl2N2O2/c1-6-36(7-2,29-9-8-10-31(37)27(29)21-39)42-26-17-13-24(14-18-26)34(3,4)23-11-15-25(16-12-23)41-32-20-19-30-33(28(32)22-40)35(30,5)38/h8-20H,6-7H2,1-5H3. The van der Waals surface area contributed by atoms with Crippen molar-refractivity contribution in [3.8, 4) is 29.4 Å². The number of halogens is 2.